The van der Waals surface area contributed by atoms with Crippen LogP contribution >= 0.6 is 0 Å². The minimum absolute atomic E-state index is 0.0279. The van der Waals surface area contributed by atoms with Gasteiger partial charge in [-0.1, -0.05) is 0 Å². The van der Waals surface area contributed by atoms with Gasteiger partial charge in [0.2, 0.25) is 0 Å². The Kier molecular flexibility index (Phi) is 6.70. The molecule has 92 valence electrons. The van der Waals surface area contributed by atoms with Crippen LogP contribution in [0.25, 0.3) is 0 Å². The zero-order chi connectivity index (χ0) is 11.9. The van der Waals surface area contributed by atoms with Crippen molar-refractivity contribution in [2.75, 3.05) is 26.3 Å². The fourth-order valence-corrected chi connectivity index (χ4v) is 0.671. The summed E-state index contributed by atoms with van der Waals surface area (Å²) in [5, 5.41) is 10.7. The van der Waals surface area contributed by atoms with Gasteiger partial charge in [-0.05, 0) is 0 Å². The normalized spacial score (nSPS) is 14.6. The Morgan fingerprint density at radius 1 is 1.27 bits per heavy atom. The second-order valence-corrected chi connectivity index (χ2v) is 2.73. The maximum Gasteiger partial charge on any atom is 0.415 e. The van der Waals surface area contributed by atoms with Gasteiger partial charge in [-0.15, -0.1) is 0 Å². The molecule has 0 aliphatic rings. The molecule has 0 fully saturated rings. The quantitative estimate of drug-likeness (QED) is 0.508. The fraction of sp³-hybridized carbons (Fsp3) is 1.00. The second-order valence-electron chi connectivity index (χ2n) is 2.73. The number of aliphatic hydroxyl groups is 1. The average molecular weight is 237 g/mol. The highest BCUT2D eigenvalue weighted by atomic mass is 19.4. The predicted octanol–water partition coefficient (Wildman–Crippen LogP) is 0.781. The molecule has 0 aromatic carbocycles. The lowest BCUT2D eigenvalue weighted by Gasteiger charge is -2.14. The summed E-state index contributed by atoms with van der Waals surface area (Å²) in [5.74, 6) is 0. The standard InChI is InChI=1S/C7H12F5NO2/c8-6(9)4-15-2-1-13-3-5(14)7(10,11)12/h5-6,13-14H,1-4H2. The molecule has 0 aliphatic carbocycles. The molecule has 0 rings (SSSR count). The monoisotopic (exact) mass is 237 g/mol. The van der Waals surface area contributed by atoms with Crippen LogP contribution < -0.4 is 5.32 Å². The highest BCUT2D eigenvalue weighted by Crippen LogP contribution is 2.18. The summed E-state index contributed by atoms with van der Waals surface area (Å²) in [5.41, 5.74) is 0. The number of ether oxygens (including phenoxy) is 1. The minimum atomic E-state index is -4.67. The number of rotatable bonds is 7. The van der Waals surface area contributed by atoms with E-state index in [1.165, 1.54) is 0 Å². The molecule has 2 N–H and O–H groups in total. The van der Waals surface area contributed by atoms with E-state index in [1.54, 1.807) is 0 Å². The molecule has 0 radical (unpaired) electrons. The van der Waals surface area contributed by atoms with E-state index < -0.39 is 31.9 Å². The molecule has 0 spiro atoms. The van der Waals surface area contributed by atoms with Gasteiger partial charge in [0.05, 0.1) is 6.61 Å². The average Bonchev–Trinajstić information content (AvgIpc) is 2.08. The smallest absolute Gasteiger partial charge is 0.382 e. The number of hydrogen-bond acceptors (Lipinski definition) is 3. The highest BCUT2D eigenvalue weighted by molar-refractivity contribution is 4.67. The molecule has 1 atom stereocenters. The maximum atomic E-state index is 11.7. The van der Waals surface area contributed by atoms with E-state index in [0.29, 0.717) is 0 Å². The molecule has 3 nitrogen and oxygen atoms in total. The van der Waals surface area contributed by atoms with Gasteiger partial charge in [0, 0.05) is 13.1 Å². The molecule has 0 amide bonds. The van der Waals surface area contributed by atoms with Crippen molar-refractivity contribution in [2.45, 2.75) is 18.7 Å². The van der Waals surface area contributed by atoms with Gasteiger partial charge in [0.25, 0.3) is 6.43 Å². The van der Waals surface area contributed by atoms with E-state index >= 15 is 0 Å². The second kappa shape index (κ2) is 6.91. The van der Waals surface area contributed by atoms with Crippen molar-refractivity contribution in [3.63, 3.8) is 0 Å². The SMILES string of the molecule is OC(CNCCOCC(F)F)C(F)(F)F. The van der Waals surface area contributed by atoms with Crippen LogP contribution in [0.3, 0.4) is 0 Å². The largest absolute Gasteiger partial charge is 0.415 e. The molecule has 0 saturated heterocycles. The van der Waals surface area contributed by atoms with Crippen LogP contribution in [-0.2, 0) is 4.74 Å². The molecule has 0 saturated carbocycles. The fourth-order valence-electron chi connectivity index (χ4n) is 0.671. The van der Waals surface area contributed by atoms with Crippen LogP contribution in [0.2, 0.25) is 0 Å². The molecule has 0 heterocycles. The van der Waals surface area contributed by atoms with Crippen molar-refractivity contribution in [1.29, 1.82) is 0 Å². The minimum Gasteiger partial charge on any atom is -0.382 e. The van der Waals surface area contributed by atoms with E-state index in [0.717, 1.165) is 0 Å². The van der Waals surface area contributed by atoms with E-state index in [2.05, 4.69) is 10.1 Å². The van der Waals surface area contributed by atoms with E-state index in [9.17, 15) is 22.0 Å². The first-order chi connectivity index (χ1) is 6.84. The van der Waals surface area contributed by atoms with Gasteiger partial charge in [-0.2, -0.15) is 13.2 Å². The molecule has 0 bridgehead atoms. The van der Waals surface area contributed by atoms with E-state index in [1.807, 2.05) is 0 Å². The van der Waals surface area contributed by atoms with Crippen LogP contribution in [0.4, 0.5) is 22.0 Å². The van der Waals surface area contributed by atoms with Gasteiger partial charge in [-0.25, -0.2) is 8.78 Å². The van der Waals surface area contributed by atoms with Gasteiger partial charge < -0.3 is 15.2 Å². The molecular weight excluding hydrogens is 225 g/mol. The molecule has 0 aromatic rings. The van der Waals surface area contributed by atoms with Crippen molar-refractivity contribution < 1.29 is 31.8 Å². The highest BCUT2D eigenvalue weighted by Gasteiger charge is 2.37. The number of nitrogens with one attached hydrogen (secondary N) is 1. The lowest BCUT2D eigenvalue weighted by atomic mass is 10.3. The van der Waals surface area contributed by atoms with Crippen LogP contribution in [0.15, 0.2) is 0 Å². The first kappa shape index (κ1) is 14.5. The Morgan fingerprint density at radius 2 is 1.87 bits per heavy atom. The molecule has 1 unspecified atom stereocenters. The molecule has 8 heteroatoms. The third-order valence-electron chi connectivity index (χ3n) is 1.38. The Hall–Kier alpha value is -0.470. The number of halogens is 5. The third-order valence-corrected chi connectivity index (χ3v) is 1.38. The molecular formula is C7H12F5NO2. The zero-order valence-electron chi connectivity index (χ0n) is 7.73. The Balaban J connectivity index is 3.32. The predicted molar refractivity (Wildman–Crippen MR) is 41.8 cm³/mol. The first-order valence-electron chi connectivity index (χ1n) is 4.15. The lowest BCUT2D eigenvalue weighted by molar-refractivity contribution is -0.201. The third kappa shape index (κ3) is 8.52. The lowest BCUT2D eigenvalue weighted by Crippen LogP contribution is -2.39. The zero-order valence-corrected chi connectivity index (χ0v) is 7.73. The summed E-state index contributed by atoms with van der Waals surface area (Å²) < 4.78 is 62.5. The van der Waals surface area contributed by atoms with Crippen LogP contribution in [0, 0.1) is 0 Å². The topological polar surface area (TPSA) is 41.5 Å². The van der Waals surface area contributed by atoms with Crippen molar-refractivity contribution in [3.05, 3.63) is 0 Å². The van der Waals surface area contributed by atoms with Gasteiger partial charge in [0.15, 0.2) is 6.10 Å². The van der Waals surface area contributed by atoms with Crippen LogP contribution in [-0.4, -0.2) is 50.1 Å². The molecule has 15 heavy (non-hydrogen) atoms. The van der Waals surface area contributed by atoms with E-state index in [-0.39, 0.29) is 13.2 Å². The first-order valence-corrected chi connectivity index (χ1v) is 4.15. The Labute approximate surface area is 83.2 Å². The Bertz CT molecular complexity index is 164. The van der Waals surface area contributed by atoms with Crippen molar-refractivity contribution in [2.24, 2.45) is 0 Å². The molecule has 0 aromatic heterocycles. The van der Waals surface area contributed by atoms with Crippen LogP contribution in [0.5, 0.6) is 0 Å². The Morgan fingerprint density at radius 3 is 2.33 bits per heavy atom. The number of alkyl halides is 5. The van der Waals surface area contributed by atoms with Crippen LogP contribution in [0.1, 0.15) is 0 Å². The van der Waals surface area contributed by atoms with Gasteiger partial charge in [0.1, 0.15) is 6.61 Å². The summed E-state index contributed by atoms with van der Waals surface area (Å²) in [7, 11) is 0. The number of hydrogen-bond donors (Lipinski definition) is 2. The maximum absolute atomic E-state index is 11.7. The van der Waals surface area contributed by atoms with Gasteiger partial charge >= 0.3 is 6.18 Å². The summed E-state index contributed by atoms with van der Waals surface area (Å²) in [6.45, 7) is -1.58. The van der Waals surface area contributed by atoms with Crippen molar-refractivity contribution in [1.82, 2.24) is 5.32 Å². The molecule has 0 aliphatic heterocycles. The summed E-state index contributed by atoms with van der Waals surface area (Å²) in [6, 6.07) is 0. The van der Waals surface area contributed by atoms with Crippen molar-refractivity contribution >= 4 is 0 Å². The van der Waals surface area contributed by atoms with Crippen molar-refractivity contribution in [3.8, 4) is 0 Å². The van der Waals surface area contributed by atoms with E-state index in [4.69, 9.17) is 5.11 Å². The van der Waals surface area contributed by atoms with Gasteiger partial charge in [-0.3, -0.25) is 0 Å². The summed E-state index contributed by atoms with van der Waals surface area (Å²) >= 11 is 0. The number of aliphatic hydroxyl groups excluding tert-OH is 1. The summed E-state index contributed by atoms with van der Waals surface area (Å²) in [6.07, 6.45) is -9.71. The summed E-state index contributed by atoms with van der Waals surface area (Å²) in [4.78, 5) is 0.